The summed E-state index contributed by atoms with van der Waals surface area (Å²) in [7, 11) is 0. The number of aromatic nitrogens is 3. The fraction of sp³-hybridized carbons (Fsp3) is 0.818. The molecule has 1 unspecified atom stereocenters. The first kappa shape index (κ1) is 10.6. The van der Waals surface area contributed by atoms with E-state index in [1.807, 2.05) is 6.33 Å². The zero-order chi connectivity index (χ0) is 10.8. The van der Waals surface area contributed by atoms with E-state index in [1.54, 1.807) is 0 Å². The highest BCUT2D eigenvalue weighted by Crippen LogP contribution is 2.37. The molecule has 0 saturated heterocycles. The number of hydrogen-bond donors (Lipinski definition) is 1. The molecule has 2 rings (SSSR count). The molecule has 4 heteroatoms. The molecule has 84 valence electrons. The summed E-state index contributed by atoms with van der Waals surface area (Å²) >= 11 is 0. The molecular formula is C11H20N4. The number of hydrogen-bond acceptors (Lipinski definition) is 3. The third-order valence-electron chi connectivity index (χ3n) is 2.95. The number of nitrogens with zero attached hydrogens (tertiary/aromatic N) is 3. The van der Waals surface area contributed by atoms with Gasteiger partial charge in [0.05, 0.1) is 0 Å². The van der Waals surface area contributed by atoms with Gasteiger partial charge in [-0.3, -0.25) is 0 Å². The predicted octanol–water partition coefficient (Wildman–Crippen LogP) is 1.70. The highest BCUT2D eigenvalue weighted by Gasteiger charge is 2.28. The first-order valence-electron chi connectivity index (χ1n) is 5.81. The molecule has 1 aromatic rings. The third kappa shape index (κ3) is 2.37. The van der Waals surface area contributed by atoms with Crippen molar-refractivity contribution in [1.29, 1.82) is 0 Å². The van der Waals surface area contributed by atoms with Gasteiger partial charge in [-0.15, -0.1) is 10.2 Å². The lowest BCUT2D eigenvalue weighted by molar-refractivity contribution is 0.469. The van der Waals surface area contributed by atoms with Crippen LogP contribution in [0.5, 0.6) is 0 Å². The molecule has 1 fully saturated rings. The quantitative estimate of drug-likeness (QED) is 0.801. The van der Waals surface area contributed by atoms with Gasteiger partial charge in [0, 0.05) is 18.5 Å². The highest BCUT2D eigenvalue weighted by atomic mass is 15.3. The van der Waals surface area contributed by atoms with Crippen molar-refractivity contribution in [2.45, 2.75) is 45.1 Å². The van der Waals surface area contributed by atoms with Gasteiger partial charge in [0.1, 0.15) is 12.2 Å². The van der Waals surface area contributed by atoms with Crippen LogP contribution in [0.2, 0.25) is 0 Å². The van der Waals surface area contributed by atoms with Crippen LogP contribution in [0, 0.1) is 5.92 Å². The van der Waals surface area contributed by atoms with Crippen molar-refractivity contribution in [3.05, 3.63) is 12.2 Å². The van der Waals surface area contributed by atoms with Crippen molar-refractivity contribution in [1.82, 2.24) is 14.8 Å². The number of rotatable bonds is 5. The van der Waals surface area contributed by atoms with E-state index in [2.05, 4.69) is 28.6 Å². The summed E-state index contributed by atoms with van der Waals surface area (Å²) in [6.07, 6.45) is 5.49. The van der Waals surface area contributed by atoms with E-state index < -0.39 is 0 Å². The van der Waals surface area contributed by atoms with Gasteiger partial charge in [-0.2, -0.15) is 0 Å². The average Bonchev–Trinajstić information content (AvgIpc) is 2.93. The lowest BCUT2D eigenvalue weighted by Gasteiger charge is -2.17. The molecular weight excluding hydrogens is 188 g/mol. The molecule has 0 spiro atoms. The molecule has 0 bridgehead atoms. The molecule has 1 aromatic heterocycles. The molecule has 1 heterocycles. The molecule has 0 aromatic carbocycles. The van der Waals surface area contributed by atoms with E-state index in [0.29, 0.717) is 24.4 Å². The maximum absolute atomic E-state index is 5.82. The second-order valence-electron chi connectivity index (χ2n) is 4.89. The largest absolute Gasteiger partial charge is 0.330 e. The van der Waals surface area contributed by atoms with Gasteiger partial charge in [0.25, 0.3) is 0 Å². The zero-order valence-corrected chi connectivity index (χ0v) is 9.56. The lowest BCUT2D eigenvalue weighted by Crippen LogP contribution is -2.18. The van der Waals surface area contributed by atoms with Gasteiger partial charge < -0.3 is 10.3 Å². The van der Waals surface area contributed by atoms with E-state index in [-0.39, 0.29) is 0 Å². The Balaban J connectivity index is 2.13. The summed E-state index contributed by atoms with van der Waals surface area (Å²) in [4.78, 5) is 0. The van der Waals surface area contributed by atoms with Crippen LogP contribution in [-0.4, -0.2) is 21.3 Å². The van der Waals surface area contributed by atoms with Crippen LogP contribution in [-0.2, 0) is 0 Å². The molecule has 1 aliphatic carbocycles. The van der Waals surface area contributed by atoms with Crippen LogP contribution < -0.4 is 5.73 Å². The molecule has 15 heavy (non-hydrogen) atoms. The minimum atomic E-state index is 0.369. The number of nitrogens with two attached hydrogens (primary N) is 1. The maximum atomic E-state index is 5.82. The van der Waals surface area contributed by atoms with Gasteiger partial charge in [0.2, 0.25) is 0 Å². The molecule has 2 N–H and O–H groups in total. The second kappa shape index (κ2) is 4.31. The Morgan fingerprint density at radius 1 is 1.53 bits per heavy atom. The van der Waals surface area contributed by atoms with Crippen LogP contribution in [0.3, 0.4) is 0 Å². The first-order chi connectivity index (χ1) is 7.22. The second-order valence-corrected chi connectivity index (χ2v) is 4.89. The Kier molecular flexibility index (Phi) is 3.05. The summed E-state index contributed by atoms with van der Waals surface area (Å²) in [6.45, 7) is 5.12. The summed E-state index contributed by atoms with van der Waals surface area (Å²) < 4.78 is 2.22. The lowest BCUT2D eigenvalue weighted by atomic mass is 9.96. The fourth-order valence-corrected chi connectivity index (χ4v) is 2.05. The summed E-state index contributed by atoms with van der Waals surface area (Å²) in [5.41, 5.74) is 5.82. The highest BCUT2D eigenvalue weighted by molar-refractivity contribution is 5.02. The molecule has 0 amide bonds. The predicted molar refractivity (Wildman–Crippen MR) is 59.5 cm³/mol. The van der Waals surface area contributed by atoms with Crippen molar-refractivity contribution in [3.8, 4) is 0 Å². The van der Waals surface area contributed by atoms with Gasteiger partial charge in [-0.1, -0.05) is 13.8 Å². The Bertz CT molecular complexity index is 314. The van der Waals surface area contributed by atoms with E-state index in [1.165, 1.54) is 12.8 Å². The maximum Gasteiger partial charge on any atom is 0.137 e. The van der Waals surface area contributed by atoms with Crippen LogP contribution >= 0.6 is 0 Å². The van der Waals surface area contributed by atoms with Crippen LogP contribution in [0.4, 0.5) is 0 Å². The van der Waals surface area contributed by atoms with Crippen molar-refractivity contribution < 1.29 is 0 Å². The molecule has 1 atom stereocenters. The summed E-state index contributed by atoms with van der Waals surface area (Å²) in [5.74, 6) is 2.12. The van der Waals surface area contributed by atoms with E-state index >= 15 is 0 Å². The zero-order valence-electron chi connectivity index (χ0n) is 9.56. The smallest absolute Gasteiger partial charge is 0.137 e. The van der Waals surface area contributed by atoms with E-state index in [0.717, 1.165) is 12.2 Å². The Morgan fingerprint density at radius 2 is 2.27 bits per heavy atom. The van der Waals surface area contributed by atoms with Crippen molar-refractivity contribution in [3.63, 3.8) is 0 Å². The summed E-state index contributed by atoms with van der Waals surface area (Å²) in [5, 5.41) is 8.25. The normalized spacial score (nSPS) is 18.4. The van der Waals surface area contributed by atoms with E-state index in [9.17, 15) is 0 Å². The van der Waals surface area contributed by atoms with Crippen molar-refractivity contribution >= 4 is 0 Å². The fourth-order valence-electron chi connectivity index (χ4n) is 2.05. The minimum absolute atomic E-state index is 0.369. The standard InChI is InChI=1S/C11H20N4/c1-8(2)5-9(6-12)11-14-13-7-15(11)10-3-4-10/h7-10H,3-6,12H2,1-2H3. The molecule has 1 aliphatic rings. The molecule has 0 aliphatic heterocycles. The van der Waals surface area contributed by atoms with Crippen LogP contribution in [0.25, 0.3) is 0 Å². The molecule has 0 radical (unpaired) electrons. The summed E-state index contributed by atoms with van der Waals surface area (Å²) in [6, 6.07) is 0.649. The van der Waals surface area contributed by atoms with Gasteiger partial charge in [-0.05, 0) is 25.2 Å². The van der Waals surface area contributed by atoms with E-state index in [4.69, 9.17) is 5.73 Å². The molecule has 4 nitrogen and oxygen atoms in total. The monoisotopic (exact) mass is 208 g/mol. The van der Waals surface area contributed by atoms with Gasteiger partial charge >= 0.3 is 0 Å². The van der Waals surface area contributed by atoms with Crippen molar-refractivity contribution in [2.75, 3.05) is 6.54 Å². The minimum Gasteiger partial charge on any atom is -0.330 e. The van der Waals surface area contributed by atoms with Crippen LogP contribution in [0.1, 0.15) is 50.9 Å². The van der Waals surface area contributed by atoms with Crippen molar-refractivity contribution in [2.24, 2.45) is 11.7 Å². The average molecular weight is 208 g/mol. The van der Waals surface area contributed by atoms with Crippen LogP contribution in [0.15, 0.2) is 6.33 Å². The van der Waals surface area contributed by atoms with Gasteiger partial charge in [0.15, 0.2) is 0 Å². The molecule has 1 saturated carbocycles. The SMILES string of the molecule is CC(C)CC(CN)c1nncn1C1CC1. The first-order valence-corrected chi connectivity index (χ1v) is 5.81. The van der Waals surface area contributed by atoms with Gasteiger partial charge in [-0.25, -0.2) is 0 Å². The Hall–Kier alpha value is -0.900. The third-order valence-corrected chi connectivity index (χ3v) is 2.95. The Morgan fingerprint density at radius 3 is 2.80 bits per heavy atom. The topological polar surface area (TPSA) is 56.7 Å². The Labute approximate surface area is 90.9 Å².